The Morgan fingerprint density at radius 2 is 1.86 bits per heavy atom. The molecule has 1 aromatic carbocycles. The smallest absolute Gasteiger partial charge is 0.393 e. The second kappa shape index (κ2) is 5.30. The molecule has 0 radical (unpaired) electrons. The zero-order valence-electron chi connectivity index (χ0n) is 10.7. The summed E-state index contributed by atoms with van der Waals surface area (Å²) in [6, 6.07) is 3.18. The van der Waals surface area contributed by atoms with Gasteiger partial charge in [-0.05, 0) is 24.1 Å². The molecule has 21 heavy (non-hydrogen) atoms. The minimum absolute atomic E-state index is 0.0557. The maximum Gasteiger partial charge on any atom is 0.393 e. The lowest BCUT2D eigenvalue weighted by molar-refractivity contribution is -0.144. The van der Waals surface area contributed by atoms with Crippen molar-refractivity contribution in [3.05, 3.63) is 29.8 Å². The predicted molar refractivity (Wildman–Crippen MR) is 66.1 cm³/mol. The van der Waals surface area contributed by atoms with Gasteiger partial charge in [-0.3, -0.25) is 4.79 Å². The third-order valence-electron chi connectivity index (χ3n) is 3.19. The lowest BCUT2D eigenvalue weighted by Crippen LogP contribution is -2.54. The SMILES string of the molecule is O=C(O)[C@@H]1CCN1S(=O)(=O)c1ccc(CC(F)(F)F)cc1. The highest BCUT2D eigenvalue weighted by Crippen LogP contribution is 2.28. The Bertz CT molecular complexity index is 639. The van der Waals surface area contributed by atoms with Gasteiger partial charge < -0.3 is 5.11 Å². The summed E-state index contributed by atoms with van der Waals surface area (Å²) in [7, 11) is -3.99. The van der Waals surface area contributed by atoms with Crippen molar-refractivity contribution in [1.82, 2.24) is 4.31 Å². The van der Waals surface area contributed by atoms with Gasteiger partial charge in [-0.1, -0.05) is 12.1 Å². The number of carboxylic acids is 1. The monoisotopic (exact) mass is 323 g/mol. The van der Waals surface area contributed by atoms with E-state index in [4.69, 9.17) is 5.11 Å². The molecule has 1 fully saturated rings. The van der Waals surface area contributed by atoms with E-state index in [1.54, 1.807) is 0 Å². The summed E-state index contributed by atoms with van der Waals surface area (Å²) in [5, 5.41) is 8.85. The van der Waals surface area contributed by atoms with Gasteiger partial charge in [-0.15, -0.1) is 0 Å². The molecule has 0 spiro atoms. The van der Waals surface area contributed by atoms with Gasteiger partial charge in [0.2, 0.25) is 10.0 Å². The lowest BCUT2D eigenvalue weighted by Gasteiger charge is -2.36. The first-order valence-corrected chi connectivity index (χ1v) is 7.45. The molecule has 0 amide bonds. The van der Waals surface area contributed by atoms with Gasteiger partial charge in [0.05, 0.1) is 11.3 Å². The lowest BCUT2D eigenvalue weighted by atomic mass is 10.1. The number of nitrogens with zero attached hydrogens (tertiary/aromatic N) is 1. The molecule has 1 saturated heterocycles. The highest BCUT2D eigenvalue weighted by molar-refractivity contribution is 7.89. The van der Waals surface area contributed by atoms with Gasteiger partial charge in [-0.2, -0.15) is 17.5 Å². The van der Waals surface area contributed by atoms with Gasteiger partial charge in [0, 0.05) is 6.54 Å². The quantitative estimate of drug-likeness (QED) is 0.914. The maximum absolute atomic E-state index is 12.2. The molecule has 5 nitrogen and oxygen atoms in total. The van der Waals surface area contributed by atoms with Crippen LogP contribution in [0.4, 0.5) is 13.2 Å². The van der Waals surface area contributed by atoms with Crippen LogP contribution in [0.3, 0.4) is 0 Å². The van der Waals surface area contributed by atoms with E-state index < -0.39 is 34.6 Å². The average Bonchev–Trinajstić information content (AvgIpc) is 2.24. The van der Waals surface area contributed by atoms with E-state index in [2.05, 4.69) is 0 Å². The van der Waals surface area contributed by atoms with Crippen molar-refractivity contribution in [2.24, 2.45) is 0 Å². The van der Waals surface area contributed by atoms with E-state index >= 15 is 0 Å². The van der Waals surface area contributed by atoms with Crippen molar-refractivity contribution in [1.29, 1.82) is 0 Å². The maximum atomic E-state index is 12.2. The predicted octanol–water partition coefficient (Wildman–Crippen LogP) is 1.64. The number of carboxylic acid groups (broad SMARTS) is 1. The summed E-state index contributed by atoms with van der Waals surface area (Å²) < 4.78 is 61.8. The molecule has 1 heterocycles. The topological polar surface area (TPSA) is 74.7 Å². The number of benzene rings is 1. The summed E-state index contributed by atoms with van der Waals surface area (Å²) in [5.74, 6) is -1.24. The number of hydrogen-bond acceptors (Lipinski definition) is 3. The van der Waals surface area contributed by atoms with Crippen molar-refractivity contribution in [3.8, 4) is 0 Å². The number of rotatable bonds is 4. The summed E-state index contributed by atoms with van der Waals surface area (Å²) in [6.45, 7) is 0.0869. The van der Waals surface area contributed by atoms with Crippen LogP contribution in [0.1, 0.15) is 12.0 Å². The molecule has 0 aliphatic carbocycles. The van der Waals surface area contributed by atoms with Crippen LogP contribution < -0.4 is 0 Å². The molecule has 1 aromatic rings. The Hall–Kier alpha value is -1.61. The van der Waals surface area contributed by atoms with E-state index in [1.165, 1.54) is 0 Å². The molecular weight excluding hydrogens is 311 g/mol. The van der Waals surface area contributed by atoms with Gasteiger partial charge in [0.1, 0.15) is 6.04 Å². The Labute approximate surface area is 119 Å². The number of sulfonamides is 1. The zero-order chi connectivity index (χ0) is 15.8. The van der Waals surface area contributed by atoms with E-state index in [9.17, 15) is 26.4 Å². The fourth-order valence-electron chi connectivity index (χ4n) is 2.04. The van der Waals surface area contributed by atoms with Crippen LogP contribution >= 0.6 is 0 Å². The van der Waals surface area contributed by atoms with Gasteiger partial charge in [-0.25, -0.2) is 8.42 Å². The van der Waals surface area contributed by atoms with Crippen molar-refractivity contribution in [3.63, 3.8) is 0 Å². The second-order valence-electron chi connectivity index (χ2n) is 4.69. The molecule has 2 rings (SSSR count). The van der Waals surface area contributed by atoms with Crippen LogP contribution in [0.5, 0.6) is 0 Å². The van der Waals surface area contributed by atoms with Crippen LogP contribution in [0, 0.1) is 0 Å². The highest BCUT2D eigenvalue weighted by Gasteiger charge is 2.42. The molecule has 9 heteroatoms. The number of alkyl halides is 3. The molecular formula is C12H12F3NO4S. The summed E-state index contributed by atoms with van der Waals surface area (Å²) in [4.78, 5) is 10.6. The molecule has 116 valence electrons. The molecule has 0 aromatic heterocycles. The van der Waals surface area contributed by atoms with E-state index in [0.29, 0.717) is 0 Å². The minimum atomic E-state index is -4.37. The molecule has 1 atom stereocenters. The molecule has 0 saturated carbocycles. The Morgan fingerprint density at radius 1 is 1.29 bits per heavy atom. The van der Waals surface area contributed by atoms with E-state index in [0.717, 1.165) is 28.6 Å². The molecule has 0 bridgehead atoms. The molecule has 1 N–H and O–H groups in total. The molecule has 0 unspecified atom stereocenters. The van der Waals surface area contributed by atoms with Crippen LogP contribution in [0.2, 0.25) is 0 Å². The number of carbonyl (C=O) groups is 1. The fourth-order valence-corrected chi connectivity index (χ4v) is 3.67. The Balaban J connectivity index is 2.20. The standard InChI is InChI=1S/C12H12F3NO4S/c13-12(14,15)7-8-1-3-9(4-2-8)21(19,20)16-6-5-10(16)11(17)18/h1-4,10H,5-7H2,(H,17,18)/t10-/m0/s1. The van der Waals surface area contributed by atoms with Crippen molar-refractivity contribution >= 4 is 16.0 Å². The van der Waals surface area contributed by atoms with Gasteiger partial charge in [0.15, 0.2) is 0 Å². The first-order valence-electron chi connectivity index (χ1n) is 6.01. The van der Waals surface area contributed by atoms with Crippen LogP contribution in [-0.2, 0) is 21.2 Å². The largest absolute Gasteiger partial charge is 0.480 e. The van der Waals surface area contributed by atoms with Crippen LogP contribution in [-0.4, -0.2) is 42.6 Å². The Kier molecular flexibility index (Phi) is 3.98. The normalized spacial score (nSPS) is 20.0. The first kappa shape index (κ1) is 15.8. The molecule has 1 aliphatic heterocycles. The number of halogens is 3. The summed E-state index contributed by atoms with van der Waals surface area (Å²) in [6.07, 6.45) is -5.29. The number of aliphatic carboxylic acids is 1. The first-order chi connectivity index (χ1) is 9.61. The third-order valence-corrected chi connectivity index (χ3v) is 5.11. The van der Waals surface area contributed by atoms with E-state index in [1.807, 2.05) is 0 Å². The Morgan fingerprint density at radius 3 is 2.24 bits per heavy atom. The minimum Gasteiger partial charge on any atom is -0.480 e. The fraction of sp³-hybridized carbons (Fsp3) is 0.417. The van der Waals surface area contributed by atoms with Crippen molar-refractivity contribution in [2.75, 3.05) is 6.54 Å². The number of hydrogen-bond donors (Lipinski definition) is 1. The van der Waals surface area contributed by atoms with Crippen molar-refractivity contribution in [2.45, 2.75) is 30.0 Å². The summed E-state index contributed by atoms with van der Waals surface area (Å²) >= 11 is 0. The highest BCUT2D eigenvalue weighted by atomic mass is 32.2. The average molecular weight is 323 g/mol. The van der Waals surface area contributed by atoms with Crippen LogP contribution in [0.25, 0.3) is 0 Å². The van der Waals surface area contributed by atoms with Gasteiger partial charge >= 0.3 is 12.1 Å². The second-order valence-corrected chi connectivity index (χ2v) is 6.58. The van der Waals surface area contributed by atoms with Gasteiger partial charge in [0.25, 0.3) is 0 Å². The third kappa shape index (κ3) is 3.35. The van der Waals surface area contributed by atoms with Crippen molar-refractivity contribution < 1.29 is 31.5 Å². The summed E-state index contributed by atoms with van der Waals surface area (Å²) in [5.41, 5.74) is -0.0557. The zero-order valence-corrected chi connectivity index (χ0v) is 11.5. The van der Waals surface area contributed by atoms with E-state index in [-0.39, 0.29) is 23.4 Å². The molecule has 1 aliphatic rings. The van der Waals surface area contributed by atoms with Crippen LogP contribution in [0.15, 0.2) is 29.2 Å².